The first-order valence-electron chi connectivity index (χ1n) is 6.97. The summed E-state index contributed by atoms with van der Waals surface area (Å²) >= 11 is 0. The maximum Gasteiger partial charge on any atom is 0.303 e. The normalized spacial score (nSPS) is 15.8. The molecule has 1 aromatic rings. The van der Waals surface area contributed by atoms with E-state index in [0.29, 0.717) is 6.42 Å². The van der Waals surface area contributed by atoms with Gasteiger partial charge in [-0.25, -0.2) is 0 Å². The molecule has 0 saturated carbocycles. The van der Waals surface area contributed by atoms with Crippen molar-refractivity contribution in [1.29, 1.82) is 0 Å². The standard InChI is InChI=1S/C15H20N2O3/c18-14(19)5-4-11-2-1-3-13(10-11)17-15(20)12-6-8-16-9-7-12/h1-3,10,12,16H,4-9H2,(H,17,20)(H,18,19). The first kappa shape index (κ1) is 14.5. The highest BCUT2D eigenvalue weighted by molar-refractivity contribution is 5.92. The molecular formula is C15H20N2O3. The Morgan fingerprint density at radius 3 is 2.75 bits per heavy atom. The molecule has 0 aromatic heterocycles. The molecular weight excluding hydrogens is 256 g/mol. The van der Waals surface area contributed by atoms with Gasteiger partial charge in [0.1, 0.15) is 0 Å². The van der Waals surface area contributed by atoms with E-state index in [4.69, 9.17) is 5.11 Å². The number of nitrogens with one attached hydrogen (secondary N) is 2. The molecule has 0 spiro atoms. The van der Waals surface area contributed by atoms with E-state index in [1.165, 1.54) is 0 Å². The molecule has 0 atom stereocenters. The first-order valence-corrected chi connectivity index (χ1v) is 6.97. The molecule has 0 unspecified atom stereocenters. The average molecular weight is 276 g/mol. The van der Waals surface area contributed by atoms with Gasteiger partial charge < -0.3 is 15.7 Å². The summed E-state index contributed by atoms with van der Waals surface area (Å²) in [4.78, 5) is 22.7. The Morgan fingerprint density at radius 2 is 2.05 bits per heavy atom. The zero-order chi connectivity index (χ0) is 14.4. The second kappa shape index (κ2) is 7.05. The van der Waals surface area contributed by atoms with Gasteiger partial charge in [0.15, 0.2) is 0 Å². The van der Waals surface area contributed by atoms with Gasteiger partial charge in [0.2, 0.25) is 5.91 Å². The molecule has 0 aliphatic carbocycles. The van der Waals surface area contributed by atoms with Crippen LogP contribution in [0.1, 0.15) is 24.8 Å². The zero-order valence-electron chi connectivity index (χ0n) is 11.4. The first-order chi connectivity index (χ1) is 9.65. The molecule has 1 aliphatic heterocycles. The molecule has 5 heteroatoms. The van der Waals surface area contributed by atoms with Crippen LogP contribution in [0.15, 0.2) is 24.3 Å². The summed E-state index contributed by atoms with van der Waals surface area (Å²) in [5.74, 6) is -0.685. The van der Waals surface area contributed by atoms with Crippen LogP contribution in [0.3, 0.4) is 0 Å². The van der Waals surface area contributed by atoms with E-state index in [9.17, 15) is 9.59 Å². The number of hydrogen-bond acceptors (Lipinski definition) is 3. The molecule has 1 fully saturated rings. The predicted octanol–water partition coefficient (Wildman–Crippen LogP) is 1.64. The number of aryl methyl sites for hydroxylation is 1. The summed E-state index contributed by atoms with van der Waals surface area (Å²) in [6.07, 6.45) is 2.31. The van der Waals surface area contributed by atoms with Crippen molar-refractivity contribution in [3.8, 4) is 0 Å². The van der Waals surface area contributed by atoms with Crippen LogP contribution in [-0.2, 0) is 16.0 Å². The fraction of sp³-hybridized carbons (Fsp3) is 0.467. The Balaban J connectivity index is 1.93. The largest absolute Gasteiger partial charge is 0.481 e. The summed E-state index contributed by atoms with van der Waals surface area (Å²) in [7, 11) is 0. The average Bonchev–Trinajstić information content (AvgIpc) is 2.46. The number of hydrogen-bond donors (Lipinski definition) is 3. The lowest BCUT2D eigenvalue weighted by molar-refractivity contribution is -0.137. The highest BCUT2D eigenvalue weighted by Gasteiger charge is 2.20. The van der Waals surface area contributed by atoms with Crippen molar-refractivity contribution in [1.82, 2.24) is 5.32 Å². The third-order valence-corrected chi connectivity index (χ3v) is 3.53. The number of rotatable bonds is 5. The maximum absolute atomic E-state index is 12.1. The molecule has 1 amide bonds. The smallest absolute Gasteiger partial charge is 0.303 e. The Kier molecular flexibility index (Phi) is 5.12. The minimum absolute atomic E-state index is 0.0573. The highest BCUT2D eigenvalue weighted by atomic mass is 16.4. The Bertz CT molecular complexity index is 482. The predicted molar refractivity (Wildman–Crippen MR) is 76.6 cm³/mol. The fourth-order valence-corrected chi connectivity index (χ4v) is 2.38. The molecule has 1 aliphatic rings. The molecule has 5 nitrogen and oxygen atoms in total. The van der Waals surface area contributed by atoms with E-state index in [-0.39, 0.29) is 18.2 Å². The number of piperidine rings is 1. The van der Waals surface area contributed by atoms with Crippen molar-refractivity contribution in [2.75, 3.05) is 18.4 Å². The van der Waals surface area contributed by atoms with Crippen LogP contribution in [0.5, 0.6) is 0 Å². The minimum atomic E-state index is -0.811. The van der Waals surface area contributed by atoms with E-state index in [1.54, 1.807) is 0 Å². The summed E-state index contributed by atoms with van der Waals surface area (Å²) in [6.45, 7) is 1.77. The van der Waals surface area contributed by atoms with E-state index < -0.39 is 5.97 Å². The third-order valence-electron chi connectivity index (χ3n) is 3.53. The van der Waals surface area contributed by atoms with E-state index in [1.807, 2.05) is 24.3 Å². The maximum atomic E-state index is 12.1. The van der Waals surface area contributed by atoms with Crippen molar-refractivity contribution >= 4 is 17.6 Å². The molecule has 2 rings (SSSR count). The van der Waals surface area contributed by atoms with Crippen LogP contribution in [0, 0.1) is 5.92 Å². The minimum Gasteiger partial charge on any atom is -0.481 e. The Morgan fingerprint density at radius 1 is 1.30 bits per heavy atom. The van der Waals surface area contributed by atoms with E-state index in [2.05, 4.69) is 10.6 Å². The summed E-state index contributed by atoms with van der Waals surface area (Å²) in [5.41, 5.74) is 1.67. The van der Waals surface area contributed by atoms with Crippen LogP contribution in [0.2, 0.25) is 0 Å². The van der Waals surface area contributed by atoms with Crippen molar-refractivity contribution in [2.24, 2.45) is 5.92 Å². The van der Waals surface area contributed by atoms with Crippen molar-refractivity contribution in [3.05, 3.63) is 29.8 Å². The lowest BCUT2D eigenvalue weighted by Gasteiger charge is -2.21. The molecule has 1 saturated heterocycles. The number of aliphatic carboxylic acids is 1. The molecule has 1 aromatic carbocycles. The van der Waals surface area contributed by atoms with E-state index in [0.717, 1.165) is 37.2 Å². The van der Waals surface area contributed by atoms with Gasteiger partial charge in [0.05, 0.1) is 0 Å². The van der Waals surface area contributed by atoms with E-state index >= 15 is 0 Å². The van der Waals surface area contributed by atoms with Crippen molar-refractivity contribution in [2.45, 2.75) is 25.7 Å². The number of carbonyl (C=O) groups is 2. The lowest BCUT2D eigenvalue weighted by atomic mass is 9.97. The molecule has 0 radical (unpaired) electrons. The molecule has 108 valence electrons. The summed E-state index contributed by atoms with van der Waals surface area (Å²) in [6, 6.07) is 7.41. The number of carboxylic acids is 1. The van der Waals surface area contributed by atoms with Gasteiger partial charge >= 0.3 is 5.97 Å². The third kappa shape index (κ3) is 4.35. The van der Waals surface area contributed by atoms with Gasteiger partial charge in [0, 0.05) is 18.0 Å². The number of amides is 1. The summed E-state index contributed by atoms with van der Waals surface area (Å²) in [5, 5.41) is 14.8. The topological polar surface area (TPSA) is 78.4 Å². The van der Waals surface area contributed by atoms with Crippen LogP contribution < -0.4 is 10.6 Å². The monoisotopic (exact) mass is 276 g/mol. The Labute approximate surface area is 118 Å². The van der Waals surface area contributed by atoms with Gasteiger partial charge in [-0.2, -0.15) is 0 Å². The zero-order valence-corrected chi connectivity index (χ0v) is 11.4. The highest BCUT2D eigenvalue weighted by Crippen LogP contribution is 2.17. The molecule has 3 N–H and O–H groups in total. The summed E-state index contributed by atoms with van der Waals surface area (Å²) < 4.78 is 0. The lowest BCUT2D eigenvalue weighted by Crippen LogP contribution is -2.34. The van der Waals surface area contributed by atoms with Gasteiger partial charge in [-0.1, -0.05) is 12.1 Å². The molecule has 0 bridgehead atoms. The molecule has 20 heavy (non-hydrogen) atoms. The second-order valence-electron chi connectivity index (χ2n) is 5.11. The number of benzene rings is 1. The van der Waals surface area contributed by atoms with Crippen molar-refractivity contribution < 1.29 is 14.7 Å². The van der Waals surface area contributed by atoms with Gasteiger partial charge in [-0.3, -0.25) is 9.59 Å². The van der Waals surface area contributed by atoms with Gasteiger partial charge in [-0.05, 0) is 50.0 Å². The number of anilines is 1. The van der Waals surface area contributed by atoms with Crippen LogP contribution in [0.4, 0.5) is 5.69 Å². The van der Waals surface area contributed by atoms with Crippen LogP contribution in [-0.4, -0.2) is 30.1 Å². The number of carboxylic acid groups (broad SMARTS) is 1. The van der Waals surface area contributed by atoms with Crippen molar-refractivity contribution in [3.63, 3.8) is 0 Å². The Hall–Kier alpha value is -1.88. The fourth-order valence-electron chi connectivity index (χ4n) is 2.38. The number of carbonyl (C=O) groups excluding carboxylic acids is 1. The van der Waals surface area contributed by atoms with Gasteiger partial charge in [0.25, 0.3) is 0 Å². The second-order valence-corrected chi connectivity index (χ2v) is 5.11. The SMILES string of the molecule is O=C(O)CCc1cccc(NC(=O)C2CCNCC2)c1. The van der Waals surface area contributed by atoms with Crippen LogP contribution in [0.25, 0.3) is 0 Å². The van der Waals surface area contributed by atoms with Crippen LogP contribution >= 0.6 is 0 Å². The van der Waals surface area contributed by atoms with Gasteiger partial charge in [-0.15, -0.1) is 0 Å². The quantitative estimate of drug-likeness (QED) is 0.764. The molecule has 1 heterocycles.